The third-order valence-corrected chi connectivity index (χ3v) is 3.37. The summed E-state index contributed by atoms with van der Waals surface area (Å²) in [5, 5.41) is 19.3. The van der Waals surface area contributed by atoms with Gasteiger partial charge in [-0.3, -0.25) is 14.9 Å². The van der Waals surface area contributed by atoms with E-state index in [4.69, 9.17) is 28.5 Å². The summed E-state index contributed by atoms with van der Waals surface area (Å²) in [6.07, 6.45) is 0. The van der Waals surface area contributed by atoms with Crippen LogP contribution in [-0.4, -0.2) is 28.3 Å². The van der Waals surface area contributed by atoms with Crippen molar-refractivity contribution in [2.75, 3.05) is 6.54 Å². The lowest BCUT2D eigenvalue weighted by Gasteiger charge is -2.23. The number of rotatable bonds is 4. The van der Waals surface area contributed by atoms with Crippen LogP contribution in [0.2, 0.25) is 10.0 Å². The Morgan fingerprint density at radius 3 is 2.55 bits per heavy atom. The number of benzene rings is 1. The van der Waals surface area contributed by atoms with Crippen LogP contribution in [0.1, 0.15) is 24.2 Å². The topological polar surface area (TPSA) is 87.2 Å². The molecular formula is C12H11Cl2N3O3. The Hall–Kier alpha value is -1.84. The summed E-state index contributed by atoms with van der Waals surface area (Å²) < 4.78 is 0. The van der Waals surface area contributed by atoms with Crippen LogP contribution in [-0.2, 0) is 0 Å². The monoisotopic (exact) mass is 315 g/mol. The number of nitro groups is 1. The highest BCUT2D eigenvalue weighted by Gasteiger charge is 2.24. The zero-order chi connectivity index (χ0) is 15.4. The molecule has 20 heavy (non-hydrogen) atoms. The van der Waals surface area contributed by atoms with Crippen molar-refractivity contribution in [3.8, 4) is 6.07 Å². The van der Waals surface area contributed by atoms with Gasteiger partial charge in [-0.05, 0) is 19.9 Å². The molecule has 0 saturated carbocycles. The van der Waals surface area contributed by atoms with Crippen molar-refractivity contribution in [2.45, 2.75) is 19.9 Å². The van der Waals surface area contributed by atoms with E-state index < -0.39 is 16.5 Å². The van der Waals surface area contributed by atoms with Gasteiger partial charge >= 0.3 is 0 Å². The molecule has 0 heterocycles. The lowest BCUT2D eigenvalue weighted by atomic mass is 10.1. The van der Waals surface area contributed by atoms with Crippen LogP contribution in [0.15, 0.2) is 12.1 Å². The van der Waals surface area contributed by atoms with Gasteiger partial charge in [0.1, 0.15) is 11.6 Å². The maximum Gasteiger partial charge on any atom is 0.290 e. The van der Waals surface area contributed by atoms with Gasteiger partial charge in [-0.25, -0.2) is 0 Å². The van der Waals surface area contributed by atoms with Crippen LogP contribution in [0.25, 0.3) is 0 Å². The van der Waals surface area contributed by atoms with E-state index in [0.29, 0.717) is 0 Å². The second kappa shape index (κ2) is 6.55. The average Bonchev–Trinajstić information content (AvgIpc) is 2.37. The quantitative estimate of drug-likeness (QED) is 0.484. The molecule has 0 spiro atoms. The smallest absolute Gasteiger partial charge is 0.290 e. The molecule has 0 atom stereocenters. The van der Waals surface area contributed by atoms with Gasteiger partial charge in [0.2, 0.25) is 0 Å². The highest BCUT2D eigenvalue weighted by atomic mass is 35.5. The lowest BCUT2D eigenvalue weighted by Crippen LogP contribution is -2.37. The number of nitrogens with zero attached hydrogens (tertiary/aromatic N) is 3. The summed E-state index contributed by atoms with van der Waals surface area (Å²) in [4.78, 5) is 23.7. The van der Waals surface area contributed by atoms with Gasteiger partial charge in [-0.15, -0.1) is 0 Å². The molecule has 106 valence electrons. The molecule has 0 aliphatic carbocycles. The van der Waals surface area contributed by atoms with Crippen LogP contribution >= 0.6 is 23.2 Å². The Morgan fingerprint density at radius 1 is 1.50 bits per heavy atom. The first-order valence-electron chi connectivity index (χ1n) is 5.61. The third kappa shape index (κ3) is 3.38. The number of amides is 1. The molecular weight excluding hydrogens is 305 g/mol. The molecule has 0 aliphatic heterocycles. The van der Waals surface area contributed by atoms with E-state index >= 15 is 0 Å². The Balaban J connectivity index is 3.29. The van der Waals surface area contributed by atoms with Crippen LogP contribution in [0, 0.1) is 21.4 Å². The van der Waals surface area contributed by atoms with Crippen molar-refractivity contribution >= 4 is 34.8 Å². The molecule has 1 aromatic rings. The van der Waals surface area contributed by atoms with Crippen molar-refractivity contribution in [3.63, 3.8) is 0 Å². The molecule has 0 bridgehead atoms. The highest BCUT2D eigenvalue weighted by molar-refractivity contribution is 6.43. The van der Waals surface area contributed by atoms with E-state index in [2.05, 4.69) is 0 Å². The minimum Gasteiger partial charge on any atom is -0.323 e. The normalized spacial score (nSPS) is 10.2. The van der Waals surface area contributed by atoms with E-state index in [-0.39, 0.29) is 28.2 Å². The SMILES string of the molecule is CC(C)N(CC#N)C(=O)c1cc(Cl)c(Cl)c([N+](=O)[O-])c1. The third-order valence-electron chi connectivity index (χ3n) is 2.58. The molecule has 0 aliphatic rings. The summed E-state index contributed by atoms with van der Waals surface area (Å²) in [5.41, 5.74) is -0.418. The fraction of sp³-hybridized carbons (Fsp3) is 0.333. The zero-order valence-electron chi connectivity index (χ0n) is 10.8. The van der Waals surface area contributed by atoms with Crippen LogP contribution < -0.4 is 0 Å². The van der Waals surface area contributed by atoms with Gasteiger partial charge in [0.05, 0.1) is 16.0 Å². The van der Waals surface area contributed by atoms with Gasteiger partial charge in [0.25, 0.3) is 11.6 Å². The van der Waals surface area contributed by atoms with Crippen molar-refractivity contribution in [1.82, 2.24) is 4.90 Å². The summed E-state index contributed by atoms with van der Waals surface area (Å²) in [5.74, 6) is -0.511. The Morgan fingerprint density at radius 2 is 2.10 bits per heavy atom. The van der Waals surface area contributed by atoms with Crippen molar-refractivity contribution in [1.29, 1.82) is 5.26 Å². The Bertz CT molecular complexity index is 596. The minimum atomic E-state index is -0.713. The summed E-state index contributed by atoms with van der Waals surface area (Å²) in [6, 6.07) is 3.96. The summed E-state index contributed by atoms with van der Waals surface area (Å²) >= 11 is 11.5. The van der Waals surface area contributed by atoms with Gasteiger partial charge < -0.3 is 4.90 Å². The van der Waals surface area contributed by atoms with Gasteiger partial charge in [0, 0.05) is 17.7 Å². The van der Waals surface area contributed by atoms with Crippen LogP contribution in [0.5, 0.6) is 0 Å². The van der Waals surface area contributed by atoms with E-state index in [1.165, 1.54) is 11.0 Å². The fourth-order valence-corrected chi connectivity index (χ4v) is 1.95. The molecule has 0 radical (unpaired) electrons. The van der Waals surface area contributed by atoms with Crippen molar-refractivity contribution < 1.29 is 9.72 Å². The number of nitro benzene ring substituents is 1. The summed E-state index contributed by atoms with van der Waals surface area (Å²) in [7, 11) is 0. The lowest BCUT2D eigenvalue weighted by molar-refractivity contribution is -0.384. The van der Waals surface area contributed by atoms with E-state index in [1.807, 2.05) is 6.07 Å². The Labute approximate surface area is 125 Å². The number of nitriles is 1. The maximum absolute atomic E-state index is 12.3. The molecule has 1 amide bonds. The first kappa shape index (κ1) is 16.2. The van der Waals surface area contributed by atoms with Crippen LogP contribution in [0.4, 0.5) is 5.69 Å². The average molecular weight is 316 g/mol. The standard InChI is InChI=1S/C12H11Cl2N3O3/c1-7(2)16(4-3-15)12(18)8-5-9(13)11(14)10(6-8)17(19)20/h5-7H,4H2,1-2H3. The summed E-state index contributed by atoms with van der Waals surface area (Å²) in [6.45, 7) is 3.35. The van der Waals surface area contributed by atoms with Crippen molar-refractivity contribution in [2.24, 2.45) is 0 Å². The molecule has 0 saturated heterocycles. The van der Waals surface area contributed by atoms with E-state index in [9.17, 15) is 14.9 Å². The largest absolute Gasteiger partial charge is 0.323 e. The fourth-order valence-electron chi connectivity index (χ4n) is 1.56. The number of hydrogen-bond donors (Lipinski definition) is 0. The maximum atomic E-state index is 12.3. The predicted octanol–water partition coefficient (Wildman–Crippen LogP) is 3.28. The molecule has 1 rings (SSSR count). The second-order valence-corrected chi connectivity index (χ2v) is 5.02. The first-order chi connectivity index (χ1) is 9.29. The van der Waals surface area contributed by atoms with E-state index in [0.717, 1.165) is 6.07 Å². The number of hydrogen-bond acceptors (Lipinski definition) is 4. The molecule has 0 fully saturated rings. The molecule has 0 aromatic heterocycles. The van der Waals surface area contributed by atoms with Gasteiger partial charge in [-0.1, -0.05) is 23.2 Å². The molecule has 1 aromatic carbocycles. The van der Waals surface area contributed by atoms with E-state index in [1.54, 1.807) is 13.8 Å². The molecule has 8 heteroatoms. The second-order valence-electron chi connectivity index (χ2n) is 4.23. The molecule has 6 nitrogen and oxygen atoms in total. The first-order valence-corrected chi connectivity index (χ1v) is 6.36. The Kier molecular flexibility index (Phi) is 5.31. The minimum absolute atomic E-state index is 0.0232. The highest BCUT2D eigenvalue weighted by Crippen LogP contribution is 2.33. The predicted molar refractivity (Wildman–Crippen MR) is 74.9 cm³/mol. The van der Waals surface area contributed by atoms with Gasteiger partial charge in [0.15, 0.2) is 0 Å². The van der Waals surface area contributed by atoms with Crippen LogP contribution in [0.3, 0.4) is 0 Å². The van der Waals surface area contributed by atoms with Gasteiger partial charge in [-0.2, -0.15) is 5.26 Å². The van der Waals surface area contributed by atoms with Crippen molar-refractivity contribution in [3.05, 3.63) is 37.9 Å². The molecule has 0 unspecified atom stereocenters. The number of carbonyl (C=O) groups is 1. The molecule has 0 N–H and O–H groups in total. The number of halogens is 2. The number of carbonyl (C=O) groups excluding carboxylic acids is 1. The zero-order valence-corrected chi connectivity index (χ0v) is 12.3.